The van der Waals surface area contributed by atoms with Gasteiger partial charge in [-0.1, -0.05) is 6.92 Å². The molecule has 1 amide bonds. The molecule has 1 aliphatic rings. The average Bonchev–Trinajstić information content (AvgIpc) is 2.27. The number of carbonyl (C=O) groups excluding carboxylic acids is 1. The monoisotopic (exact) mass is 228 g/mol. The Labute approximate surface area is 97.8 Å². The fraction of sp³-hybridized carbons (Fsp3) is 0.917. The molecule has 0 aromatic carbocycles. The lowest BCUT2D eigenvalue weighted by atomic mass is 9.80. The minimum absolute atomic E-state index is 0.159. The van der Waals surface area contributed by atoms with Crippen molar-refractivity contribution in [2.75, 3.05) is 19.7 Å². The van der Waals surface area contributed by atoms with Crippen molar-refractivity contribution in [3.05, 3.63) is 0 Å². The molecule has 1 rings (SSSR count). The summed E-state index contributed by atoms with van der Waals surface area (Å²) in [6, 6.07) is 0.159. The molecule has 1 atom stereocenters. The van der Waals surface area contributed by atoms with E-state index in [4.69, 9.17) is 5.11 Å². The van der Waals surface area contributed by atoms with Crippen LogP contribution in [0.1, 0.15) is 39.5 Å². The van der Waals surface area contributed by atoms with Gasteiger partial charge in [0.25, 0.3) is 0 Å². The van der Waals surface area contributed by atoms with Gasteiger partial charge in [0.15, 0.2) is 0 Å². The fourth-order valence-corrected chi connectivity index (χ4v) is 2.07. The predicted molar refractivity (Wildman–Crippen MR) is 64.1 cm³/mol. The number of aliphatic hydroxyl groups is 1. The van der Waals surface area contributed by atoms with Crippen molar-refractivity contribution in [3.63, 3.8) is 0 Å². The van der Waals surface area contributed by atoms with Crippen molar-refractivity contribution in [1.29, 1.82) is 0 Å². The third kappa shape index (κ3) is 3.76. The lowest BCUT2D eigenvalue weighted by molar-refractivity contribution is -0.132. The number of hydrogen-bond acceptors (Lipinski definition) is 3. The molecular weight excluding hydrogens is 204 g/mol. The van der Waals surface area contributed by atoms with E-state index in [1.807, 2.05) is 13.8 Å². The van der Waals surface area contributed by atoms with Crippen LogP contribution in [0.3, 0.4) is 0 Å². The minimum atomic E-state index is -0.210. The molecule has 1 saturated heterocycles. The average molecular weight is 228 g/mol. The zero-order valence-electron chi connectivity index (χ0n) is 10.4. The van der Waals surface area contributed by atoms with Crippen LogP contribution in [0, 0.1) is 5.41 Å². The van der Waals surface area contributed by atoms with Crippen LogP contribution in [0.25, 0.3) is 0 Å². The minimum Gasteiger partial charge on any atom is -0.396 e. The normalized spacial score (nSPS) is 21.4. The molecule has 0 aromatic heterocycles. The van der Waals surface area contributed by atoms with Crippen LogP contribution in [-0.2, 0) is 4.79 Å². The predicted octanol–water partition coefficient (Wildman–Crippen LogP) is 0.653. The summed E-state index contributed by atoms with van der Waals surface area (Å²) in [5.41, 5.74) is -0.210. The van der Waals surface area contributed by atoms with Gasteiger partial charge in [-0.2, -0.15) is 0 Å². The van der Waals surface area contributed by atoms with Gasteiger partial charge in [-0.15, -0.1) is 0 Å². The van der Waals surface area contributed by atoms with Crippen LogP contribution < -0.4 is 10.6 Å². The molecule has 1 unspecified atom stereocenters. The number of nitrogens with one attached hydrogen (secondary N) is 2. The summed E-state index contributed by atoms with van der Waals surface area (Å²) >= 11 is 0. The highest BCUT2D eigenvalue weighted by molar-refractivity contribution is 5.82. The summed E-state index contributed by atoms with van der Waals surface area (Å²) < 4.78 is 0. The van der Waals surface area contributed by atoms with Crippen LogP contribution in [0.4, 0.5) is 0 Å². The van der Waals surface area contributed by atoms with E-state index in [1.165, 1.54) is 0 Å². The van der Waals surface area contributed by atoms with E-state index in [9.17, 15) is 4.79 Å². The lowest BCUT2D eigenvalue weighted by Crippen LogP contribution is -2.48. The largest absolute Gasteiger partial charge is 0.396 e. The summed E-state index contributed by atoms with van der Waals surface area (Å²) in [6.45, 7) is 6.09. The molecule has 94 valence electrons. The highest BCUT2D eigenvalue weighted by atomic mass is 16.3. The zero-order valence-corrected chi connectivity index (χ0v) is 10.4. The molecule has 16 heavy (non-hydrogen) atoms. The Balaban J connectivity index is 2.38. The maximum Gasteiger partial charge on any atom is 0.226 e. The first-order valence-corrected chi connectivity index (χ1v) is 6.21. The smallest absolute Gasteiger partial charge is 0.226 e. The maximum absolute atomic E-state index is 12.1. The van der Waals surface area contributed by atoms with Gasteiger partial charge in [0, 0.05) is 18.1 Å². The Bertz CT molecular complexity index is 225. The topological polar surface area (TPSA) is 61.4 Å². The molecule has 0 radical (unpaired) electrons. The van der Waals surface area contributed by atoms with Crippen molar-refractivity contribution < 1.29 is 9.90 Å². The number of amides is 1. The number of rotatable bonds is 5. The summed E-state index contributed by atoms with van der Waals surface area (Å²) in [5, 5.41) is 15.0. The van der Waals surface area contributed by atoms with E-state index in [0.29, 0.717) is 0 Å². The van der Waals surface area contributed by atoms with Gasteiger partial charge in [-0.05, 0) is 45.7 Å². The number of carbonyl (C=O) groups is 1. The van der Waals surface area contributed by atoms with Gasteiger partial charge >= 0.3 is 0 Å². The second kappa shape index (κ2) is 6.21. The van der Waals surface area contributed by atoms with E-state index >= 15 is 0 Å². The summed E-state index contributed by atoms with van der Waals surface area (Å²) in [5.74, 6) is 0.166. The molecule has 1 heterocycles. The molecule has 0 aliphatic carbocycles. The standard InChI is InChI=1S/C12H24N2O2/c1-10(4-3-9-15)14-11(16)12(2)5-7-13-8-6-12/h10,13,15H,3-9H2,1-2H3,(H,14,16). The van der Waals surface area contributed by atoms with Gasteiger partial charge in [-0.3, -0.25) is 4.79 Å². The van der Waals surface area contributed by atoms with Gasteiger partial charge in [0.2, 0.25) is 5.91 Å². The second-order valence-electron chi connectivity index (χ2n) is 5.05. The van der Waals surface area contributed by atoms with Gasteiger partial charge in [0.1, 0.15) is 0 Å². The van der Waals surface area contributed by atoms with Gasteiger partial charge < -0.3 is 15.7 Å². The molecule has 0 saturated carbocycles. The first-order valence-electron chi connectivity index (χ1n) is 6.21. The van der Waals surface area contributed by atoms with Crippen molar-refractivity contribution in [2.45, 2.75) is 45.6 Å². The Hall–Kier alpha value is -0.610. The van der Waals surface area contributed by atoms with Crippen molar-refractivity contribution in [2.24, 2.45) is 5.41 Å². The molecule has 0 aromatic rings. The molecule has 1 aliphatic heterocycles. The highest BCUT2D eigenvalue weighted by Crippen LogP contribution is 2.28. The molecule has 1 fully saturated rings. The highest BCUT2D eigenvalue weighted by Gasteiger charge is 2.34. The van der Waals surface area contributed by atoms with Crippen LogP contribution in [0.15, 0.2) is 0 Å². The molecule has 0 spiro atoms. The quantitative estimate of drug-likeness (QED) is 0.647. The van der Waals surface area contributed by atoms with E-state index in [2.05, 4.69) is 10.6 Å². The molecule has 0 bridgehead atoms. The molecular formula is C12H24N2O2. The summed E-state index contributed by atoms with van der Waals surface area (Å²) in [6.07, 6.45) is 3.41. The van der Waals surface area contributed by atoms with Crippen molar-refractivity contribution >= 4 is 5.91 Å². The van der Waals surface area contributed by atoms with Gasteiger partial charge in [0.05, 0.1) is 0 Å². The van der Waals surface area contributed by atoms with Crippen molar-refractivity contribution in [3.8, 4) is 0 Å². The first-order chi connectivity index (χ1) is 7.58. The van der Waals surface area contributed by atoms with Crippen LogP contribution in [0.5, 0.6) is 0 Å². The maximum atomic E-state index is 12.1. The van der Waals surface area contributed by atoms with Crippen LogP contribution in [0.2, 0.25) is 0 Å². The third-order valence-electron chi connectivity index (χ3n) is 3.43. The van der Waals surface area contributed by atoms with E-state index in [-0.39, 0.29) is 24.0 Å². The number of hydrogen-bond donors (Lipinski definition) is 3. The third-order valence-corrected chi connectivity index (χ3v) is 3.43. The Kier molecular flexibility index (Phi) is 5.22. The van der Waals surface area contributed by atoms with E-state index in [1.54, 1.807) is 0 Å². The van der Waals surface area contributed by atoms with Gasteiger partial charge in [-0.25, -0.2) is 0 Å². The van der Waals surface area contributed by atoms with E-state index in [0.717, 1.165) is 38.8 Å². The van der Waals surface area contributed by atoms with E-state index < -0.39 is 0 Å². The summed E-state index contributed by atoms with van der Waals surface area (Å²) in [7, 11) is 0. The van der Waals surface area contributed by atoms with Crippen LogP contribution in [-0.4, -0.2) is 36.8 Å². The Morgan fingerprint density at radius 2 is 2.12 bits per heavy atom. The number of piperidine rings is 1. The molecule has 4 nitrogen and oxygen atoms in total. The molecule has 3 N–H and O–H groups in total. The Morgan fingerprint density at radius 3 is 2.69 bits per heavy atom. The SMILES string of the molecule is CC(CCCO)NC(=O)C1(C)CCNCC1. The molecule has 4 heteroatoms. The Morgan fingerprint density at radius 1 is 1.50 bits per heavy atom. The van der Waals surface area contributed by atoms with Crippen LogP contribution >= 0.6 is 0 Å². The zero-order chi connectivity index (χ0) is 12.0. The fourth-order valence-electron chi connectivity index (χ4n) is 2.07. The van der Waals surface area contributed by atoms with Crippen molar-refractivity contribution in [1.82, 2.24) is 10.6 Å². The lowest BCUT2D eigenvalue weighted by Gasteiger charge is -2.33. The second-order valence-corrected chi connectivity index (χ2v) is 5.05. The summed E-state index contributed by atoms with van der Waals surface area (Å²) in [4.78, 5) is 12.1. The number of aliphatic hydroxyl groups excluding tert-OH is 1. The first kappa shape index (κ1) is 13.5.